The Morgan fingerprint density at radius 2 is 1.91 bits per heavy atom. The summed E-state index contributed by atoms with van der Waals surface area (Å²) in [5.74, 6) is -1.73. The molecule has 11 heteroatoms. The molecule has 1 aliphatic heterocycles. The molecular weight excluding hydrogens is 453 g/mol. The highest BCUT2D eigenvalue weighted by molar-refractivity contribution is 7.89. The maximum atomic E-state index is 13.6. The average Bonchev–Trinajstić information content (AvgIpc) is 2.82. The SMILES string of the molecule is COc1ccccc1CNC(=O)C(=O)NC[C@@H]1OCCCN1S(=O)(=O)c1ccc(F)c(C)c1. The highest BCUT2D eigenvalue weighted by Crippen LogP contribution is 2.23. The Labute approximate surface area is 191 Å². The van der Waals surface area contributed by atoms with Gasteiger partial charge in [-0.05, 0) is 43.2 Å². The summed E-state index contributed by atoms with van der Waals surface area (Å²) in [5.41, 5.74) is 0.897. The summed E-state index contributed by atoms with van der Waals surface area (Å²) in [5, 5.41) is 4.92. The van der Waals surface area contributed by atoms with Crippen LogP contribution in [0.4, 0.5) is 4.39 Å². The van der Waals surface area contributed by atoms with Gasteiger partial charge in [-0.3, -0.25) is 9.59 Å². The van der Waals surface area contributed by atoms with Crippen molar-refractivity contribution < 1.29 is 31.9 Å². The number of amides is 2. The summed E-state index contributed by atoms with van der Waals surface area (Å²) in [6.07, 6.45) is -0.538. The molecule has 1 saturated heterocycles. The van der Waals surface area contributed by atoms with Crippen LogP contribution in [-0.4, -0.2) is 57.6 Å². The first-order chi connectivity index (χ1) is 15.7. The number of carbonyl (C=O) groups excluding carboxylic acids is 2. The van der Waals surface area contributed by atoms with Gasteiger partial charge in [0.05, 0.1) is 25.2 Å². The minimum atomic E-state index is -4.00. The van der Waals surface area contributed by atoms with Crippen molar-refractivity contribution in [2.45, 2.75) is 31.0 Å². The number of ether oxygens (including phenoxy) is 2. The molecule has 1 aliphatic rings. The zero-order chi connectivity index (χ0) is 24.0. The normalized spacial score (nSPS) is 16.8. The summed E-state index contributed by atoms with van der Waals surface area (Å²) in [6.45, 7) is 1.80. The summed E-state index contributed by atoms with van der Waals surface area (Å²) < 4.78 is 51.6. The molecule has 2 aromatic carbocycles. The van der Waals surface area contributed by atoms with E-state index in [9.17, 15) is 22.4 Å². The van der Waals surface area contributed by atoms with Crippen LogP contribution < -0.4 is 15.4 Å². The lowest BCUT2D eigenvalue weighted by Crippen LogP contribution is -2.53. The molecule has 0 aliphatic carbocycles. The maximum Gasteiger partial charge on any atom is 0.309 e. The van der Waals surface area contributed by atoms with Gasteiger partial charge in [0.15, 0.2) is 0 Å². The van der Waals surface area contributed by atoms with Crippen LogP contribution in [0.3, 0.4) is 0 Å². The fraction of sp³-hybridized carbons (Fsp3) is 0.364. The molecule has 0 spiro atoms. The summed E-state index contributed by atoms with van der Waals surface area (Å²) in [4.78, 5) is 24.4. The number of aryl methyl sites for hydroxylation is 1. The number of rotatable bonds is 7. The van der Waals surface area contributed by atoms with E-state index in [1.54, 1.807) is 24.3 Å². The van der Waals surface area contributed by atoms with E-state index in [0.717, 1.165) is 10.4 Å². The van der Waals surface area contributed by atoms with Crippen molar-refractivity contribution in [1.29, 1.82) is 0 Å². The van der Waals surface area contributed by atoms with Crippen molar-refractivity contribution >= 4 is 21.8 Å². The van der Waals surface area contributed by atoms with E-state index in [-0.39, 0.29) is 30.1 Å². The fourth-order valence-corrected chi connectivity index (χ4v) is 5.03. The van der Waals surface area contributed by atoms with Crippen molar-refractivity contribution in [2.75, 3.05) is 26.8 Å². The molecule has 0 radical (unpaired) electrons. The van der Waals surface area contributed by atoms with Crippen LogP contribution in [0, 0.1) is 12.7 Å². The number of halogens is 1. The Morgan fingerprint density at radius 1 is 1.18 bits per heavy atom. The monoisotopic (exact) mass is 479 g/mol. The quantitative estimate of drug-likeness (QED) is 0.579. The summed E-state index contributed by atoms with van der Waals surface area (Å²) in [7, 11) is -2.49. The van der Waals surface area contributed by atoms with Crippen LogP contribution in [0.2, 0.25) is 0 Å². The van der Waals surface area contributed by atoms with Crippen LogP contribution in [0.1, 0.15) is 17.5 Å². The van der Waals surface area contributed by atoms with Crippen molar-refractivity contribution in [1.82, 2.24) is 14.9 Å². The number of nitrogens with zero attached hydrogens (tertiary/aromatic N) is 1. The van der Waals surface area contributed by atoms with Gasteiger partial charge in [-0.2, -0.15) is 4.31 Å². The van der Waals surface area contributed by atoms with Crippen LogP contribution >= 0.6 is 0 Å². The second-order valence-corrected chi connectivity index (χ2v) is 9.30. The molecule has 9 nitrogen and oxygen atoms in total. The van der Waals surface area contributed by atoms with Crippen LogP contribution in [-0.2, 0) is 30.9 Å². The van der Waals surface area contributed by atoms with Gasteiger partial charge in [0.25, 0.3) is 0 Å². The van der Waals surface area contributed by atoms with Crippen LogP contribution in [0.15, 0.2) is 47.4 Å². The van der Waals surface area contributed by atoms with Gasteiger partial charge >= 0.3 is 11.8 Å². The van der Waals surface area contributed by atoms with Gasteiger partial charge in [0.1, 0.15) is 17.8 Å². The lowest BCUT2D eigenvalue weighted by Gasteiger charge is -2.34. The number of carbonyl (C=O) groups is 2. The number of benzene rings is 2. The lowest BCUT2D eigenvalue weighted by molar-refractivity contribution is -0.140. The molecule has 2 amide bonds. The predicted octanol–water partition coefficient (Wildman–Crippen LogP) is 1.31. The molecule has 0 aromatic heterocycles. The standard InChI is InChI=1S/C22H26FN3O6S/c1-15-12-17(8-9-18(15)23)33(29,30)26-10-5-11-32-20(26)14-25-22(28)21(27)24-13-16-6-3-4-7-19(16)31-2/h3-4,6-9,12,20H,5,10-11,13-14H2,1-2H3,(H,24,27)(H,25,28)/t20-/m0/s1. The minimum absolute atomic E-state index is 0.0715. The number of nitrogens with one attached hydrogen (secondary N) is 2. The molecule has 3 rings (SSSR count). The Kier molecular flexibility index (Phi) is 8.01. The van der Waals surface area contributed by atoms with E-state index < -0.39 is 33.9 Å². The van der Waals surface area contributed by atoms with E-state index in [0.29, 0.717) is 24.3 Å². The molecule has 1 heterocycles. The Hall–Kier alpha value is -3.02. The fourth-order valence-electron chi connectivity index (χ4n) is 3.38. The average molecular weight is 480 g/mol. The molecule has 33 heavy (non-hydrogen) atoms. The van der Waals surface area contributed by atoms with Gasteiger partial charge in [0.2, 0.25) is 10.0 Å². The third-order valence-electron chi connectivity index (χ3n) is 5.17. The highest BCUT2D eigenvalue weighted by Gasteiger charge is 2.35. The zero-order valence-corrected chi connectivity index (χ0v) is 19.2. The number of hydrogen-bond donors (Lipinski definition) is 2. The van der Waals surface area contributed by atoms with Gasteiger partial charge in [-0.25, -0.2) is 12.8 Å². The van der Waals surface area contributed by atoms with Crippen molar-refractivity contribution in [2.24, 2.45) is 0 Å². The van der Waals surface area contributed by atoms with Gasteiger partial charge in [-0.15, -0.1) is 0 Å². The van der Waals surface area contributed by atoms with Gasteiger partial charge < -0.3 is 20.1 Å². The second-order valence-electron chi connectivity index (χ2n) is 7.41. The molecule has 2 aromatic rings. The minimum Gasteiger partial charge on any atom is -0.496 e. The Bertz CT molecular complexity index is 1120. The molecule has 1 atom stereocenters. The largest absolute Gasteiger partial charge is 0.496 e. The van der Waals surface area contributed by atoms with Crippen molar-refractivity contribution in [3.8, 4) is 5.75 Å². The smallest absolute Gasteiger partial charge is 0.309 e. The van der Waals surface area contributed by atoms with Crippen molar-refractivity contribution in [3.63, 3.8) is 0 Å². The lowest BCUT2D eigenvalue weighted by atomic mass is 10.2. The van der Waals surface area contributed by atoms with E-state index in [4.69, 9.17) is 9.47 Å². The molecular formula is C22H26FN3O6S. The first-order valence-electron chi connectivity index (χ1n) is 10.3. The number of hydrogen-bond acceptors (Lipinski definition) is 6. The summed E-state index contributed by atoms with van der Waals surface area (Å²) >= 11 is 0. The van der Waals surface area contributed by atoms with Gasteiger partial charge in [-0.1, -0.05) is 18.2 Å². The molecule has 0 saturated carbocycles. The maximum absolute atomic E-state index is 13.6. The first kappa shape index (κ1) is 24.6. The molecule has 0 unspecified atom stereocenters. The first-order valence-corrected chi connectivity index (χ1v) is 11.8. The number of methoxy groups -OCH3 is 1. The Morgan fingerprint density at radius 3 is 2.64 bits per heavy atom. The van der Waals surface area contributed by atoms with E-state index in [1.165, 1.54) is 26.2 Å². The second kappa shape index (κ2) is 10.7. The molecule has 1 fully saturated rings. The molecule has 2 N–H and O–H groups in total. The van der Waals surface area contributed by atoms with Crippen LogP contribution in [0.25, 0.3) is 0 Å². The number of sulfonamides is 1. The van der Waals surface area contributed by atoms with Gasteiger partial charge in [0, 0.05) is 18.7 Å². The van der Waals surface area contributed by atoms with E-state index in [1.807, 2.05) is 0 Å². The highest BCUT2D eigenvalue weighted by atomic mass is 32.2. The number of para-hydroxylation sites is 1. The topological polar surface area (TPSA) is 114 Å². The predicted molar refractivity (Wildman–Crippen MR) is 117 cm³/mol. The third-order valence-corrected chi connectivity index (χ3v) is 7.05. The third kappa shape index (κ3) is 5.86. The molecule has 0 bridgehead atoms. The Balaban J connectivity index is 1.62. The molecule has 178 valence electrons. The summed E-state index contributed by atoms with van der Waals surface area (Å²) in [6, 6.07) is 10.6. The zero-order valence-electron chi connectivity index (χ0n) is 18.3. The van der Waals surface area contributed by atoms with E-state index >= 15 is 0 Å². The van der Waals surface area contributed by atoms with Crippen molar-refractivity contribution in [3.05, 3.63) is 59.4 Å². The van der Waals surface area contributed by atoms with Crippen LogP contribution in [0.5, 0.6) is 5.75 Å². The van der Waals surface area contributed by atoms with E-state index in [2.05, 4.69) is 10.6 Å².